The van der Waals surface area contributed by atoms with E-state index in [2.05, 4.69) is 9.71 Å². The second kappa shape index (κ2) is 5.92. The lowest BCUT2D eigenvalue weighted by atomic mass is 10.2. The lowest BCUT2D eigenvalue weighted by Gasteiger charge is -2.12. The van der Waals surface area contributed by atoms with Crippen LogP contribution in [0.2, 0.25) is 0 Å². The third-order valence-electron chi connectivity index (χ3n) is 2.84. The van der Waals surface area contributed by atoms with Crippen molar-refractivity contribution in [2.24, 2.45) is 0 Å². The van der Waals surface area contributed by atoms with Crippen LogP contribution in [0.5, 0.6) is 5.75 Å². The molecule has 0 aliphatic rings. The second-order valence-corrected chi connectivity index (χ2v) is 5.84. The van der Waals surface area contributed by atoms with Crippen LogP contribution in [-0.2, 0) is 16.4 Å². The Hall–Kier alpha value is -2.08. The number of aryl methyl sites for hydroxylation is 1. The summed E-state index contributed by atoms with van der Waals surface area (Å²) in [4.78, 5) is 4.01. The zero-order valence-corrected chi connectivity index (χ0v) is 12.1. The third kappa shape index (κ3) is 3.08. The van der Waals surface area contributed by atoms with E-state index in [1.165, 1.54) is 13.3 Å². The molecule has 0 fully saturated rings. The van der Waals surface area contributed by atoms with E-state index in [-0.39, 0.29) is 4.90 Å². The maximum atomic E-state index is 12.4. The molecule has 2 aromatic rings. The van der Waals surface area contributed by atoms with Gasteiger partial charge in [-0.25, -0.2) is 8.42 Å². The predicted octanol–water partition coefficient (Wildman–Crippen LogP) is 2.45. The summed E-state index contributed by atoms with van der Waals surface area (Å²) in [6, 6.07) is 8.44. The van der Waals surface area contributed by atoms with Crippen molar-refractivity contribution >= 4 is 15.7 Å². The topological polar surface area (TPSA) is 68.3 Å². The van der Waals surface area contributed by atoms with Crippen LogP contribution < -0.4 is 9.46 Å². The largest absolute Gasteiger partial charge is 0.495 e. The van der Waals surface area contributed by atoms with Crippen molar-refractivity contribution in [3.05, 3.63) is 48.3 Å². The fourth-order valence-electron chi connectivity index (χ4n) is 1.78. The molecule has 5 nitrogen and oxygen atoms in total. The van der Waals surface area contributed by atoms with E-state index < -0.39 is 10.0 Å². The summed E-state index contributed by atoms with van der Waals surface area (Å²) in [5.41, 5.74) is 1.34. The van der Waals surface area contributed by atoms with Gasteiger partial charge in [0, 0.05) is 6.20 Å². The second-order valence-electron chi connectivity index (χ2n) is 4.19. The van der Waals surface area contributed by atoms with Crippen LogP contribution >= 0.6 is 0 Å². The van der Waals surface area contributed by atoms with Gasteiger partial charge in [0.05, 0.1) is 19.0 Å². The fraction of sp³-hybridized carbons (Fsp3) is 0.214. The minimum absolute atomic E-state index is 0.128. The van der Waals surface area contributed by atoms with E-state index in [9.17, 15) is 8.42 Å². The van der Waals surface area contributed by atoms with E-state index in [0.717, 1.165) is 12.0 Å². The number of hydrogen-bond donors (Lipinski definition) is 1. The number of nitrogens with one attached hydrogen (secondary N) is 1. The molecule has 106 valence electrons. The van der Waals surface area contributed by atoms with Crippen molar-refractivity contribution in [2.45, 2.75) is 18.2 Å². The van der Waals surface area contributed by atoms with Crippen molar-refractivity contribution in [1.29, 1.82) is 0 Å². The van der Waals surface area contributed by atoms with Gasteiger partial charge in [-0.3, -0.25) is 9.71 Å². The van der Waals surface area contributed by atoms with Crippen molar-refractivity contribution in [1.82, 2.24) is 4.98 Å². The van der Waals surface area contributed by atoms with Crippen LogP contribution in [0, 0.1) is 0 Å². The van der Waals surface area contributed by atoms with Gasteiger partial charge in [0.15, 0.2) is 0 Å². The minimum Gasteiger partial charge on any atom is -0.495 e. The average molecular weight is 292 g/mol. The number of rotatable bonds is 5. The van der Waals surface area contributed by atoms with E-state index in [0.29, 0.717) is 11.4 Å². The molecule has 0 bridgehead atoms. The summed E-state index contributed by atoms with van der Waals surface area (Å²) < 4.78 is 32.5. The summed E-state index contributed by atoms with van der Waals surface area (Å²) in [5, 5.41) is 0. The van der Waals surface area contributed by atoms with Crippen molar-refractivity contribution < 1.29 is 13.2 Å². The van der Waals surface area contributed by atoms with Crippen molar-refractivity contribution in [2.75, 3.05) is 11.8 Å². The molecular formula is C14H16N2O3S. The summed E-state index contributed by atoms with van der Waals surface area (Å²) in [7, 11) is -2.26. The number of hydrogen-bond acceptors (Lipinski definition) is 4. The molecule has 0 atom stereocenters. The molecule has 1 heterocycles. The minimum atomic E-state index is -3.70. The molecule has 20 heavy (non-hydrogen) atoms. The Labute approximate surface area is 118 Å². The Morgan fingerprint density at radius 2 is 2.10 bits per heavy atom. The van der Waals surface area contributed by atoms with E-state index in [1.807, 2.05) is 13.0 Å². The van der Waals surface area contributed by atoms with Gasteiger partial charge in [-0.2, -0.15) is 0 Å². The highest BCUT2D eigenvalue weighted by Crippen LogP contribution is 2.26. The molecule has 6 heteroatoms. The summed E-state index contributed by atoms with van der Waals surface area (Å²) in [6.45, 7) is 1.97. The Bertz CT molecular complexity index is 685. The van der Waals surface area contributed by atoms with Gasteiger partial charge in [0.1, 0.15) is 10.6 Å². The molecule has 0 aliphatic heterocycles. The SMILES string of the molecule is CCc1ccc(OC)c(S(=O)(=O)Nc2cccnc2)c1. The number of aromatic nitrogens is 1. The molecule has 0 saturated heterocycles. The van der Waals surface area contributed by atoms with Crippen LogP contribution in [0.3, 0.4) is 0 Å². The normalized spacial score (nSPS) is 11.1. The molecule has 0 spiro atoms. The van der Waals surface area contributed by atoms with Gasteiger partial charge in [-0.05, 0) is 36.2 Å². The number of nitrogens with zero attached hydrogens (tertiary/aromatic N) is 1. The molecule has 0 saturated carbocycles. The van der Waals surface area contributed by atoms with Crippen LogP contribution in [-0.4, -0.2) is 20.5 Å². The number of pyridine rings is 1. The zero-order chi connectivity index (χ0) is 14.6. The van der Waals surface area contributed by atoms with E-state index >= 15 is 0 Å². The lowest BCUT2D eigenvalue weighted by molar-refractivity contribution is 0.402. The Balaban J connectivity index is 2.43. The standard InChI is InChI=1S/C14H16N2O3S/c1-3-11-6-7-13(19-2)14(9-11)20(17,18)16-12-5-4-8-15-10-12/h4-10,16H,3H2,1-2H3. The number of sulfonamides is 1. The van der Waals surface area contributed by atoms with Crippen molar-refractivity contribution in [3.63, 3.8) is 0 Å². The highest BCUT2D eigenvalue weighted by atomic mass is 32.2. The first kappa shape index (κ1) is 14.3. The van der Waals surface area contributed by atoms with Crippen LogP contribution in [0.4, 0.5) is 5.69 Å². The molecule has 1 aromatic carbocycles. The van der Waals surface area contributed by atoms with E-state index in [1.54, 1.807) is 30.5 Å². The van der Waals surface area contributed by atoms with Gasteiger partial charge >= 0.3 is 0 Å². The predicted molar refractivity (Wildman–Crippen MR) is 77.4 cm³/mol. The quantitative estimate of drug-likeness (QED) is 0.919. The monoisotopic (exact) mass is 292 g/mol. The van der Waals surface area contributed by atoms with E-state index in [4.69, 9.17) is 4.74 Å². The molecule has 0 amide bonds. The number of anilines is 1. The maximum Gasteiger partial charge on any atom is 0.265 e. The molecule has 2 rings (SSSR count). The summed E-state index contributed by atoms with van der Waals surface area (Å²) >= 11 is 0. The van der Waals surface area contributed by atoms with Crippen LogP contribution in [0.1, 0.15) is 12.5 Å². The number of benzene rings is 1. The summed E-state index contributed by atoms with van der Waals surface area (Å²) in [6.07, 6.45) is 3.78. The average Bonchev–Trinajstić information content (AvgIpc) is 2.47. The third-order valence-corrected chi connectivity index (χ3v) is 4.24. The first-order chi connectivity index (χ1) is 9.56. The Morgan fingerprint density at radius 1 is 1.30 bits per heavy atom. The Kier molecular flexibility index (Phi) is 4.24. The molecular weight excluding hydrogens is 276 g/mol. The highest BCUT2D eigenvalue weighted by Gasteiger charge is 2.20. The molecule has 0 aliphatic carbocycles. The summed E-state index contributed by atoms with van der Waals surface area (Å²) in [5.74, 6) is 0.318. The number of methoxy groups -OCH3 is 1. The van der Waals surface area contributed by atoms with Crippen LogP contribution in [0.15, 0.2) is 47.6 Å². The molecule has 0 radical (unpaired) electrons. The van der Waals surface area contributed by atoms with Gasteiger partial charge in [0.2, 0.25) is 0 Å². The zero-order valence-electron chi connectivity index (χ0n) is 11.3. The molecule has 1 aromatic heterocycles. The highest BCUT2D eigenvalue weighted by molar-refractivity contribution is 7.92. The smallest absolute Gasteiger partial charge is 0.265 e. The molecule has 1 N–H and O–H groups in total. The van der Waals surface area contributed by atoms with Gasteiger partial charge in [0.25, 0.3) is 10.0 Å². The fourth-order valence-corrected chi connectivity index (χ4v) is 3.05. The Morgan fingerprint density at radius 3 is 2.70 bits per heavy atom. The van der Waals surface area contributed by atoms with Gasteiger partial charge < -0.3 is 4.74 Å². The van der Waals surface area contributed by atoms with Gasteiger partial charge in [-0.1, -0.05) is 13.0 Å². The van der Waals surface area contributed by atoms with Gasteiger partial charge in [-0.15, -0.1) is 0 Å². The van der Waals surface area contributed by atoms with Crippen molar-refractivity contribution in [3.8, 4) is 5.75 Å². The number of ether oxygens (including phenoxy) is 1. The molecule has 0 unspecified atom stereocenters. The van der Waals surface area contributed by atoms with Crippen LogP contribution in [0.25, 0.3) is 0 Å². The lowest BCUT2D eigenvalue weighted by Crippen LogP contribution is -2.14. The maximum absolute atomic E-state index is 12.4. The first-order valence-corrected chi connectivity index (χ1v) is 7.65. The first-order valence-electron chi connectivity index (χ1n) is 6.16.